The first kappa shape index (κ1) is 22.4. The Morgan fingerprint density at radius 2 is 1.64 bits per heavy atom. The van der Waals surface area contributed by atoms with Crippen LogP contribution in [0.1, 0.15) is 17.2 Å². The summed E-state index contributed by atoms with van der Waals surface area (Å²) in [5.41, 5.74) is -0.770. The molecule has 3 aromatic rings. The van der Waals surface area contributed by atoms with E-state index in [2.05, 4.69) is 0 Å². The van der Waals surface area contributed by atoms with Gasteiger partial charge in [-0.3, -0.25) is 14.5 Å². The van der Waals surface area contributed by atoms with E-state index in [1.807, 2.05) is 0 Å². The topological polar surface area (TPSA) is 66.8 Å². The lowest BCUT2D eigenvalue weighted by molar-refractivity contribution is -0.132. The number of amides is 1. The third-order valence-corrected chi connectivity index (χ3v) is 5.56. The van der Waals surface area contributed by atoms with E-state index in [0.29, 0.717) is 5.75 Å². The number of hydrogen-bond acceptors (Lipinski definition) is 4. The molecule has 1 saturated heterocycles. The van der Waals surface area contributed by atoms with E-state index >= 15 is 0 Å². The number of aliphatic hydroxyl groups is 1. The van der Waals surface area contributed by atoms with Gasteiger partial charge in [0.25, 0.3) is 11.7 Å². The number of carbonyl (C=O) groups is 2. The minimum absolute atomic E-state index is 0.0131. The molecule has 0 bridgehead atoms. The quantitative estimate of drug-likeness (QED) is 0.313. The molecule has 4 rings (SSSR count). The molecule has 3 aromatic carbocycles. The molecule has 1 atom stereocenters. The molecule has 0 aliphatic carbocycles. The van der Waals surface area contributed by atoms with Crippen molar-refractivity contribution in [3.05, 3.63) is 99.8 Å². The molecule has 1 fully saturated rings. The predicted octanol–water partition coefficient (Wildman–Crippen LogP) is 5.39. The van der Waals surface area contributed by atoms with E-state index in [1.165, 1.54) is 37.4 Å². The number of halogens is 4. The molecule has 0 spiro atoms. The van der Waals surface area contributed by atoms with Gasteiger partial charge in [0.1, 0.15) is 29.0 Å². The second-order valence-corrected chi connectivity index (χ2v) is 7.57. The van der Waals surface area contributed by atoms with Crippen LogP contribution in [0.2, 0.25) is 5.02 Å². The summed E-state index contributed by atoms with van der Waals surface area (Å²) in [7, 11) is 1.39. The predicted molar refractivity (Wildman–Crippen MR) is 116 cm³/mol. The van der Waals surface area contributed by atoms with Crippen LogP contribution in [-0.4, -0.2) is 23.9 Å². The molecule has 1 unspecified atom stereocenters. The average molecular weight is 474 g/mol. The lowest BCUT2D eigenvalue weighted by atomic mass is 9.95. The molecule has 1 aliphatic rings. The maximum absolute atomic E-state index is 14.6. The van der Waals surface area contributed by atoms with Crippen LogP contribution < -0.4 is 9.64 Å². The molecular formula is C24H15ClF3NO4. The molecule has 168 valence electrons. The van der Waals surface area contributed by atoms with Crippen molar-refractivity contribution in [3.63, 3.8) is 0 Å². The number of nitrogens with zero attached hydrogens (tertiary/aromatic N) is 1. The smallest absolute Gasteiger partial charge is 0.300 e. The van der Waals surface area contributed by atoms with Crippen molar-refractivity contribution in [3.8, 4) is 5.75 Å². The molecule has 0 radical (unpaired) electrons. The van der Waals surface area contributed by atoms with E-state index in [1.54, 1.807) is 0 Å². The Kier molecular flexibility index (Phi) is 5.86. The maximum atomic E-state index is 14.6. The van der Waals surface area contributed by atoms with Crippen LogP contribution in [-0.2, 0) is 9.59 Å². The highest BCUT2D eigenvalue weighted by Gasteiger charge is 2.48. The third-order valence-electron chi connectivity index (χ3n) is 5.23. The van der Waals surface area contributed by atoms with Crippen LogP contribution >= 0.6 is 11.6 Å². The number of Topliss-reactive ketones (excluding diaryl/α,β-unsaturated/α-hetero) is 1. The summed E-state index contributed by atoms with van der Waals surface area (Å²) in [6.07, 6.45) is 0. The zero-order valence-corrected chi connectivity index (χ0v) is 17.7. The SMILES string of the molecule is COc1ccc(Cl)c(/C(O)=C2\C(=O)C(=O)N(c3cc(F)ccc3F)C2c2ccc(F)cc2)c1. The van der Waals surface area contributed by atoms with Gasteiger partial charge in [-0.2, -0.15) is 0 Å². The Labute approximate surface area is 191 Å². The van der Waals surface area contributed by atoms with Crippen molar-refractivity contribution in [2.45, 2.75) is 6.04 Å². The maximum Gasteiger partial charge on any atom is 0.300 e. The minimum Gasteiger partial charge on any atom is -0.507 e. The van der Waals surface area contributed by atoms with Crippen molar-refractivity contribution in [1.29, 1.82) is 0 Å². The van der Waals surface area contributed by atoms with Gasteiger partial charge in [-0.05, 0) is 48.0 Å². The summed E-state index contributed by atoms with van der Waals surface area (Å²) < 4.78 is 47.3. The second kappa shape index (κ2) is 8.63. The van der Waals surface area contributed by atoms with Gasteiger partial charge in [-0.25, -0.2) is 13.2 Å². The van der Waals surface area contributed by atoms with Crippen LogP contribution in [0, 0.1) is 17.5 Å². The molecule has 0 aromatic heterocycles. The molecule has 1 heterocycles. The number of methoxy groups -OCH3 is 1. The Bertz CT molecular complexity index is 1310. The number of anilines is 1. The first-order chi connectivity index (χ1) is 15.7. The minimum atomic E-state index is -1.39. The van der Waals surface area contributed by atoms with Gasteiger partial charge in [-0.1, -0.05) is 23.7 Å². The van der Waals surface area contributed by atoms with E-state index < -0.39 is 52.2 Å². The van der Waals surface area contributed by atoms with Crippen LogP contribution in [0.5, 0.6) is 5.75 Å². The van der Waals surface area contributed by atoms with Crippen molar-refractivity contribution in [2.24, 2.45) is 0 Å². The van der Waals surface area contributed by atoms with Crippen molar-refractivity contribution < 1.29 is 32.6 Å². The molecule has 0 saturated carbocycles. The first-order valence-electron chi connectivity index (χ1n) is 9.58. The largest absolute Gasteiger partial charge is 0.507 e. The van der Waals surface area contributed by atoms with Crippen molar-refractivity contribution >= 4 is 34.7 Å². The molecule has 1 amide bonds. The van der Waals surface area contributed by atoms with Crippen LogP contribution in [0.25, 0.3) is 5.76 Å². The fourth-order valence-corrected chi connectivity index (χ4v) is 3.88. The molecule has 1 N–H and O–H groups in total. The zero-order chi connectivity index (χ0) is 23.9. The normalized spacial score (nSPS) is 17.5. The highest BCUT2D eigenvalue weighted by molar-refractivity contribution is 6.52. The average Bonchev–Trinajstić information content (AvgIpc) is 3.06. The molecule has 9 heteroatoms. The number of carbonyl (C=O) groups excluding carboxylic acids is 2. The van der Waals surface area contributed by atoms with Gasteiger partial charge >= 0.3 is 0 Å². The lowest BCUT2D eigenvalue weighted by Gasteiger charge is -2.26. The fraction of sp³-hybridized carbons (Fsp3) is 0.0833. The van der Waals surface area contributed by atoms with E-state index in [4.69, 9.17) is 16.3 Å². The van der Waals surface area contributed by atoms with Gasteiger partial charge in [0, 0.05) is 11.6 Å². The van der Waals surface area contributed by atoms with E-state index in [9.17, 15) is 27.9 Å². The standard InChI is InChI=1S/C24H15ClF3NO4/c1-33-15-7-8-17(25)16(11-15)22(30)20-21(12-2-4-13(26)5-3-12)29(24(32)23(20)31)19-10-14(27)6-9-18(19)28/h2-11,21,30H,1H3/b22-20+. The summed E-state index contributed by atoms with van der Waals surface area (Å²) in [6, 6.07) is 10.1. The van der Waals surface area contributed by atoms with Crippen LogP contribution in [0.15, 0.2) is 66.2 Å². The molecule has 1 aliphatic heterocycles. The summed E-state index contributed by atoms with van der Waals surface area (Å²) in [6.45, 7) is 0. The molecular weight excluding hydrogens is 459 g/mol. The Hall–Kier alpha value is -3.78. The Morgan fingerprint density at radius 1 is 0.970 bits per heavy atom. The first-order valence-corrected chi connectivity index (χ1v) is 9.96. The van der Waals surface area contributed by atoms with Gasteiger partial charge in [0.2, 0.25) is 0 Å². The van der Waals surface area contributed by atoms with Crippen LogP contribution in [0.3, 0.4) is 0 Å². The Morgan fingerprint density at radius 3 is 2.30 bits per heavy atom. The summed E-state index contributed by atoms with van der Waals surface area (Å²) in [5.74, 6) is -5.09. The van der Waals surface area contributed by atoms with Gasteiger partial charge < -0.3 is 9.84 Å². The highest BCUT2D eigenvalue weighted by atomic mass is 35.5. The fourth-order valence-electron chi connectivity index (χ4n) is 3.67. The van der Waals surface area contributed by atoms with Crippen molar-refractivity contribution in [2.75, 3.05) is 12.0 Å². The number of hydrogen-bond donors (Lipinski definition) is 1. The Balaban J connectivity index is 2.00. The number of benzene rings is 3. The summed E-state index contributed by atoms with van der Waals surface area (Å²) >= 11 is 6.21. The van der Waals surface area contributed by atoms with Gasteiger partial charge in [0.05, 0.1) is 29.4 Å². The zero-order valence-electron chi connectivity index (χ0n) is 17.0. The number of ether oxygens (including phenoxy) is 1. The van der Waals surface area contributed by atoms with Gasteiger partial charge in [0.15, 0.2) is 0 Å². The number of ketones is 1. The highest BCUT2D eigenvalue weighted by Crippen LogP contribution is 2.44. The number of rotatable bonds is 4. The number of aliphatic hydroxyl groups excluding tert-OH is 1. The van der Waals surface area contributed by atoms with Gasteiger partial charge in [-0.15, -0.1) is 0 Å². The lowest BCUT2D eigenvalue weighted by Crippen LogP contribution is -2.30. The molecule has 33 heavy (non-hydrogen) atoms. The summed E-state index contributed by atoms with van der Waals surface area (Å²) in [4.78, 5) is 26.8. The van der Waals surface area contributed by atoms with Crippen LogP contribution in [0.4, 0.5) is 18.9 Å². The molecule has 5 nitrogen and oxygen atoms in total. The second-order valence-electron chi connectivity index (χ2n) is 7.16. The van der Waals surface area contributed by atoms with E-state index in [0.717, 1.165) is 35.2 Å². The van der Waals surface area contributed by atoms with E-state index in [-0.39, 0.29) is 16.1 Å². The van der Waals surface area contributed by atoms with Crippen molar-refractivity contribution in [1.82, 2.24) is 0 Å². The monoisotopic (exact) mass is 473 g/mol. The third kappa shape index (κ3) is 3.93. The summed E-state index contributed by atoms with van der Waals surface area (Å²) in [5, 5.41) is 11.1.